The second-order valence-electron chi connectivity index (χ2n) is 9.12. The molecular weight excluding hydrogens is 342 g/mol. The van der Waals surface area contributed by atoms with Gasteiger partial charge in [0.05, 0.1) is 5.54 Å². The molecule has 2 nitrogen and oxygen atoms in total. The van der Waals surface area contributed by atoms with Gasteiger partial charge in [0.25, 0.3) is 5.91 Å². The fraction of sp³-hybridized carbons (Fsp3) is 0.346. The summed E-state index contributed by atoms with van der Waals surface area (Å²) in [5.74, 6) is 1.20. The van der Waals surface area contributed by atoms with Crippen LogP contribution in [0, 0.1) is 17.3 Å². The van der Waals surface area contributed by atoms with Crippen molar-refractivity contribution < 1.29 is 4.79 Å². The summed E-state index contributed by atoms with van der Waals surface area (Å²) < 4.78 is 0. The molecule has 142 valence electrons. The first-order valence-electron chi connectivity index (χ1n) is 10.3. The van der Waals surface area contributed by atoms with Crippen LogP contribution >= 0.6 is 0 Å². The number of amides is 1. The molecule has 1 heterocycles. The van der Waals surface area contributed by atoms with Crippen LogP contribution in [0.1, 0.15) is 48.2 Å². The first-order valence-corrected chi connectivity index (χ1v) is 10.3. The number of benzene rings is 2. The van der Waals surface area contributed by atoms with Crippen molar-refractivity contribution in [1.82, 2.24) is 4.90 Å². The summed E-state index contributed by atoms with van der Waals surface area (Å²) in [5.41, 5.74) is 4.52. The maximum absolute atomic E-state index is 13.6. The minimum atomic E-state index is -0.347. The van der Waals surface area contributed by atoms with E-state index in [0.29, 0.717) is 18.4 Å². The maximum Gasteiger partial charge on any atom is 0.255 e. The maximum atomic E-state index is 13.6. The zero-order valence-corrected chi connectivity index (χ0v) is 16.7. The summed E-state index contributed by atoms with van der Waals surface area (Å²) in [6.45, 7) is 9.41. The smallest absolute Gasteiger partial charge is 0.255 e. The van der Waals surface area contributed by atoms with Crippen LogP contribution in [0.15, 0.2) is 78.9 Å². The molecule has 2 unspecified atom stereocenters. The molecule has 1 saturated carbocycles. The molecule has 3 aliphatic carbocycles. The fourth-order valence-electron chi connectivity index (χ4n) is 6.13. The fourth-order valence-corrected chi connectivity index (χ4v) is 6.13. The zero-order chi connectivity index (χ0) is 19.5. The molecule has 1 spiro atoms. The molecule has 0 aromatic heterocycles. The Hall–Kier alpha value is -2.61. The SMILES string of the molecule is C=CCC1=C[C@]2(c3ccccc3C(=O)N2Cc2ccccc2)C2CC1C2(C)C. The number of carbonyl (C=O) groups is 1. The third-order valence-corrected chi connectivity index (χ3v) is 7.50. The first kappa shape index (κ1) is 17.5. The van der Waals surface area contributed by atoms with Gasteiger partial charge in [-0.3, -0.25) is 4.79 Å². The topological polar surface area (TPSA) is 20.3 Å². The zero-order valence-electron chi connectivity index (χ0n) is 16.7. The van der Waals surface area contributed by atoms with E-state index < -0.39 is 0 Å². The third-order valence-electron chi connectivity index (χ3n) is 7.50. The van der Waals surface area contributed by atoms with Crippen LogP contribution in [0.3, 0.4) is 0 Å². The molecule has 6 rings (SSSR count). The summed E-state index contributed by atoms with van der Waals surface area (Å²) in [6.07, 6.45) is 6.50. The van der Waals surface area contributed by atoms with Crippen molar-refractivity contribution in [3.05, 3.63) is 95.6 Å². The highest BCUT2D eigenvalue weighted by molar-refractivity contribution is 6.00. The van der Waals surface area contributed by atoms with E-state index in [1.165, 1.54) is 16.7 Å². The van der Waals surface area contributed by atoms with Gasteiger partial charge in [0.2, 0.25) is 0 Å². The van der Waals surface area contributed by atoms with Gasteiger partial charge in [0.15, 0.2) is 0 Å². The van der Waals surface area contributed by atoms with Gasteiger partial charge in [0.1, 0.15) is 0 Å². The Morgan fingerprint density at radius 1 is 1.11 bits per heavy atom. The highest BCUT2D eigenvalue weighted by Crippen LogP contribution is 2.68. The lowest BCUT2D eigenvalue weighted by Gasteiger charge is -2.65. The van der Waals surface area contributed by atoms with Crippen molar-refractivity contribution in [2.75, 3.05) is 0 Å². The van der Waals surface area contributed by atoms with E-state index in [-0.39, 0.29) is 16.9 Å². The van der Waals surface area contributed by atoms with Crippen LogP contribution in [0.5, 0.6) is 0 Å². The van der Waals surface area contributed by atoms with Gasteiger partial charge in [-0.25, -0.2) is 0 Å². The van der Waals surface area contributed by atoms with Crippen LogP contribution in [0.4, 0.5) is 0 Å². The van der Waals surface area contributed by atoms with Gasteiger partial charge < -0.3 is 4.90 Å². The molecule has 0 saturated heterocycles. The quantitative estimate of drug-likeness (QED) is 0.632. The molecule has 1 aliphatic heterocycles. The first-order chi connectivity index (χ1) is 13.5. The van der Waals surface area contributed by atoms with Gasteiger partial charge in [0, 0.05) is 12.1 Å². The number of rotatable bonds is 4. The van der Waals surface area contributed by atoms with E-state index in [9.17, 15) is 4.79 Å². The van der Waals surface area contributed by atoms with Gasteiger partial charge >= 0.3 is 0 Å². The lowest BCUT2D eigenvalue weighted by atomic mass is 9.42. The molecule has 2 aromatic rings. The predicted molar refractivity (Wildman–Crippen MR) is 113 cm³/mol. The van der Waals surface area contributed by atoms with Crippen molar-refractivity contribution in [2.45, 2.75) is 38.8 Å². The van der Waals surface area contributed by atoms with Gasteiger partial charge in [-0.15, -0.1) is 6.58 Å². The third kappa shape index (κ3) is 2.12. The van der Waals surface area contributed by atoms with Gasteiger partial charge in [-0.05, 0) is 47.3 Å². The monoisotopic (exact) mass is 369 g/mol. The minimum absolute atomic E-state index is 0.162. The normalized spacial score (nSPS) is 29.3. The highest BCUT2D eigenvalue weighted by atomic mass is 16.2. The van der Waals surface area contributed by atoms with E-state index in [2.05, 4.69) is 67.8 Å². The van der Waals surface area contributed by atoms with E-state index in [1.807, 2.05) is 24.3 Å². The summed E-state index contributed by atoms with van der Waals surface area (Å²) in [6, 6.07) is 18.6. The number of nitrogens with zero attached hydrogens (tertiary/aromatic N) is 1. The lowest BCUT2D eigenvalue weighted by Crippen LogP contribution is -2.63. The van der Waals surface area contributed by atoms with Crippen molar-refractivity contribution in [3.8, 4) is 0 Å². The Bertz CT molecular complexity index is 987. The molecule has 2 aromatic carbocycles. The summed E-state index contributed by atoms with van der Waals surface area (Å²) in [4.78, 5) is 15.7. The summed E-state index contributed by atoms with van der Waals surface area (Å²) in [7, 11) is 0. The Kier molecular flexibility index (Phi) is 3.71. The van der Waals surface area contributed by atoms with Crippen molar-refractivity contribution >= 4 is 5.91 Å². The van der Waals surface area contributed by atoms with Crippen molar-refractivity contribution in [2.24, 2.45) is 17.3 Å². The molecular formula is C26H27NO. The van der Waals surface area contributed by atoms with Crippen molar-refractivity contribution in [3.63, 3.8) is 0 Å². The molecule has 3 atom stereocenters. The summed E-state index contributed by atoms with van der Waals surface area (Å²) >= 11 is 0. The molecule has 1 fully saturated rings. The average molecular weight is 370 g/mol. The van der Waals surface area contributed by atoms with Gasteiger partial charge in [-0.2, -0.15) is 0 Å². The molecule has 4 aliphatic rings. The number of hydrogen-bond donors (Lipinski definition) is 0. The molecule has 2 heteroatoms. The number of hydrogen-bond acceptors (Lipinski definition) is 1. The average Bonchev–Trinajstić information content (AvgIpc) is 2.91. The second kappa shape index (κ2) is 5.94. The largest absolute Gasteiger partial charge is 0.321 e. The van der Waals surface area contributed by atoms with Gasteiger partial charge in [-0.1, -0.05) is 80.1 Å². The van der Waals surface area contributed by atoms with E-state index in [4.69, 9.17) is 0 Å². The van der Waals surface area contributed by atoms with Crippen LogP contribution in [-0.4, -0.2) is 10.8 Å². The van der Waals surface area contributed by atoms with E-state index in [1.54, 1.807) is 0 Å². The van der Waals surface area contributed by atoms with Crippen LogP contribution in [0.25, 0.3) is 0 Å². The summed E-state index contributed by atoms with van der Waals surface area (Å²) in [5, 5.41) is 0. The molecule has 0 radical (unpaired) electrons. The Morgan fingerprint density at radius 3 is 2.54 bits per heavy atom. The Morgan fingerprint density at radius 2 is 1.82 bits per heavy atom. The number of allylic oxidation sites excluding steroid dienone is 2. The Balaban J connectivity index is 1.72. The Labute approximate surface area is 167 Å². The molecule has 2 bridgehead atoms. The standard InChI is InChI=1S/C26H27NO/c1-4-10-19-16-26(23-15-22(19)25(23,2)3)21-14-9-8-13-20(21)24(28)27(26)17-18-11-6-5-7-12-18/h4-9,11-14,16,22-23H,1,10,15,17H2,2-3H3/t22?,23?,26-/m0/s1. The van der Waals surface area contributed by atoms with E-state index >= 15 is 0 Å². The number of carbonyl (C=O) groups excluding carboxylic acids is 1. The lowest BCUT2D eigenvalue weighted by molar-refractivity contribution is -0.0995. The highest BCUT2D eigenvalue weighted by Gasteiger charge is 2.66. The van der Waals surface area contributed by atoms with E-state index in [0.717, 1.165) is 18.4 Å². The number of fused-ring (bicyclic) bond motifs is 1. The predicted octanol–water partition coefficient (Wildman–Crippen LogP) is 5.72. The van der Waals surface area contributed by atoms with Crippen molar-refractivity contribution in [1.29, 1.82) is 0 Å². The van der Waals surface area contributed by atoms with Crippen LogP contribution < -0.4 is 0 Å². The molecule has 0 N–H and O–H groups in total. The molecule has 1 amide bonds. The second-order valence-corrected chi connectivity index (χ2v) is 9.12. The van der Waals surface area contributed by atoms with Crippen LogP contribution in [-0.2, 0) is 12.1 Å². The van der Waals surface area contributed by atoms with Crippen LogP contribution in [0.2, 0.25) is 0 Å². The molecule has 28 heavy (non-hydrogen) atoms. The minimum Gasteiger partial charge on any atom is -0.321 e.